The maximum absolute atomic E-state index is 5.71. The van der Waals surface area contributed by atoms with Crippen LogP contribution in [-0.2, 0) is 4.74 Å². The van der Waals surface area contributed by atoms with Crippen LogP contribution in [0.25, 0.3) is 0 Å². The zero-order chi connectivity index (χ0) is 11.9. The molecule has 0 aromatic carbocycles. The average molecular weight is 229 g/mol. The van der Waals surface area contributed by atoms with E-state index in [1.165, 1.54) is 0 Å². The maximum Gasteiger partial charge on any atom is 0.141 e. The summed E-state index contributed by atoms with van der Waals surface area (Å²) < 4.78 is 5.71. The molecule has 4 heteroatoms. The normalized spacial score (nSPS) is 10.7. The Bertz CT molecular complexity index is 393. The lowest BCUT2D eigenvalue weighted by atomic mass is 10.1. The molecular formula is C13H15N3O. The largest absolute Gasteiger partial charge is 0.364 e. The Balaban J connectivity index is 2.26. The Morgan fingerprint density at radius 2 is 1.59 bits per heavy atom. The first-order valence-corrected chi connectivity index (χ1v) is 5.55. The smallest absolute Gasteiger partial charge is 0.141 e. The molecule has 0 aliphatic carbocycles. The Morgan fingerprint density at radius 3 is 2.00 bits per heavy atom. The van der Waals surface area contributed by atoms with Crippen LogP contribution in [0.4, 0.5) is 0 Å². The molecule has 0 aliphatic heterocycles. The molecule has 0 bridgehead atoms. The van der Waals surface area contributed by atoms with Gasteiger partial charge in [0.15, 0.2) is 0 Å². The third-order valence-electron chi connectivity index (χ3n) is 2.32. The van der Waals surface area contributed by atoms with E-state index in [1.807, 2.05) is 36.4 Å². The fourth-order valence-corrected chi connectivity index (χ4v) is 1.57. The quantitative estimate of drug-likeness (QED) is 0.844. The van der Waals surface area contributed by atoms with Gasteiger partial charge in [-0.25, -0.2) is 0 Å². The molecule has 0 aliphatic rings. The number of hydrogen-bond donors (Lipinski definition) is 1. The highest BCUT2D eigenvalue weighted by Gasteiger charge is 2.16. The number of nitrogens with zero attached hydrogens (tertiary/aromatic N) is 2. The van der Waals surface area contributed by atoms with Crippen molar-refractivity contribution in [3.63, 3.8) is 0 Å². The van der Waals surface area contributed by atoms with Gasteiger partial charge in [0.1, 0.15) is 6.10 Å². The van der Waals surface area contributed by atoms with E-state index >= 15 is 0 Å². The minimum atomic E-state index is -0.249. The lowest BCUT2D eigenvalue weighted by Gasteiger charge is -2.16. The summed E-state index contributed by atoms with van der Waals surface area (Å²) in [6.07, 6.45) is 3.25. The van der Waals surface area contributed by atoms with Gasteiger partial charge < -0.3 is 10.5 Å². The molecule has 2 N–H and O–H groups in total. The van der Waals surface area contributed by atoms with Crippen molar-refractivity contribution in [3.8, 4) is 0 Å². The van der Waals surface area contributed by atoms with E-state index in [4.69, 9.17) is 10.5 Å². The molecule has 2 rings (SSSR count). The summed E-state index contributed by atoms with van der Waals surface area (Å²) in [7, 11) is 0. The molecule has 88 valence electrons. The number of nitrogens with two attached hydrogens (primary N) is 1. The number of rotatable bonds is 5. The second-order valence-corrected chi connectivity index (χ2v) is 3.55. The standard InChI is InChI=1S/C13H15N3O/c14-7-10-17-13(11-5-1-3-8-15-11)12-6-2-4-9-16-12/h1-6,8-9,13H,7,10,14H2. The van der Waals surface area contributed by atoms with Crippen molar-refractivity contribution in [1.82, 2.24) is 9.97 Å². The Labute approximate surface area is 100 Å². The summed E-state index contributed by atoms with van der Waals surface area (Å²) in [5, 5.41) is 0. The molecule has 2 aromatic heterocycles. The van der Waals surface area contributed by atoms with Crippen LogP contribution < -0.4 is 5.73 Å². The van der Waals surface area contributed by atoms with Crippen LogP contribution in [-0.4, -0.2) is 23.1 Å². The van der Waals surface area contributed by atoms with Gasteiger partial charge in [0.25, 0.3) is 0 Å². The maximum atomic E-state index is 5.71. The fourth-order valence-electron chi connectivity index (χ4n) is 1.57. The highest BCUT2D eigenvalue weighted by molar-refractivity contribution is 5.19. The summed E-state index contributed by atoms with van der Waals surface area (Å²) >= 11 is 0. The van der Waals surface area contributed by atoms with Crippen LogP contribution in [0.5, 0.6) is 0 Å². The van der Waals surface area contributed by atoms with Gasteiger partial charge in [0.2, 0.25) is 0 Å². The summed E-state index contributed by atoms with van der Waals surface area (Å²) in [4.78, 5) is 8.61. The van der Waals surface area contributed by atoms with Crippen LogP contribution >= 0.6 is 0 Å². The molecule has 2 heterocycles. The molecule has 0 unspecified atom stereocenters. The van der Waals surface area contributed by atoms with Gasteiger partial charge in [-0.15, -0.1) is 0 Å². The van der Waals surface area contributed by atoms with Gasteiger partial charge in [-0.1, -0.05) is 12.1 Å². The van der Waals surface area contributed by atoms with E-state index in [0.29, 0.717) is 13.2 Å². The number of aromatic nitrogens is 2. The molecule has 0 spiro atoms. The zero-order valence-electron chi connectivity index (χ0n) is 9.49. The monoisotopic (exact) mass is 229 g/mol. The van der Waals surface area contributed by atoms with E-state index in [9.17, 15) is 0 Å². The summed E-state index contributed by atoms with van der Waals surface area (Å²) in [6.45, 7) is 0.966. The Morgan fingerprint density at radius 1 is 1.00 bits per heavy atom. The summed E-state index contributed by atoms with van der Waals surface area (Å²) in [6, 6.07) is 11.5. The van der Waals surface area contributed by atoms with E-state index in [1.54, 1.807) is 12.4 Å². The topological polar surface area (TPSA) is 61.0 Å². The molecular weight excluding hydrogens is 214 g/mol. The van der Waals surface area contributed by atoms with Crippen LogP contribution in [0.2, 0.25) is 0 Å². The van der Waals surface area contributed by atoms with Crippen molar-refractivity contribution in [2.75, 3.05) is 13.2 Å². The molecule has 4 nitrogen and oxygen atoms in total. The van der Waals surface area contributed by atoms with Crippen molar-refractivity contribution in [2.45, 2.75) is 6.10 Å². The van der Waals surface area contributed by atoms with Crippen molar-refractivity contribution < 1.29 is 4.74 Å². The average Bonchev–Trinajstić information content (AvgIpc) is 2.42. The third kappa shape index (κ3) is 3.09. The van der Waals surface area contributed by atoms with Crippen molar-refractivity contribution >= 4 is 0 Å². The molecule has 0 fully saturated rings. The van der Waals surface area contributed by atoms with Crippen molar-refractivity contribution in [1.29, 1.82) is 0 Å². The van der Waals surface area contributed by atoms with Gasteiger partial charge in [-0.3, -0.25) is 9.97 Å². The summed E-state index contributed by atoms with van der Waals surface area (Å²) in [5.41, 5.74) is 7.16. The summed E-state index contributed by atoms with van der Waals surface area (Å²) in [5.74, 6) is 0. The first-order chi connectivity index (χ1) is 8.42. The lowest BCUT2D eigenvalue weighted by Crippen LogP contribution is -2.15. The second-order valence-electron chi connectivity index (χ2n) is 3.55. The minimum absolute atomic E-state index is 0.249. The van der Waals surface area contributed by atoms with E-state index in [0.717, 1.165) is 11.4 Å². The van der Waals surface area contributed by atoms with Gasteiger partial charge >= 0.3 is 0 Å². The van der Waals surface area contributed by atoms with Gasteiger partial charge in [0.05, 0.1) is 18.0 Å². The van der Waals surface area contributed by atoms with Gasteiger partial charge in [-0.2, -0.15) is 0 Å². The first kappa shape index (κ1) is 11.7. The number of ether oxygens (including phenoxy) is 1. The minimum Gasteiger partial charge on any atom is -0.364 e. The van der Waals surface area contributed by atoms with Gasteiger partial charge in [0, 0.05) is 18.9 Å². The van der Waals surface area contributed by atoms with Gasteiger partial charge in [-0.05, 0) is 24.3 Å². The molecule has 0 saturated heterocycles. The number of pyridine rings is 2. The third-order valence-corrected chi connectivity index (χ3v) is 2.32. The molecule has 17 heavy (non-hydrogen) atoms. The highest BCUT2D eigenvalue weighted by atomic mass is 16.5. The predicted molar refractivity (Wildman–Crippen MR) is 65.3 cm³/mol. The van der Waals surface area contributed by atoms with Crippen LogP contribution in [0.3, 0.4) is 0 Å². The molecule has 0 amide bonds. The molecule has 0 saturated carbocycles. The van der Waals surface area contributed by atoms with Crippen molar-refractivity contribution in [2.24, 2.45) is 5.73 Å². The van der Waals surface area contributed by atoms with Crippen LogP contribution in [0, 0.1) is 0 Å². The predicted octanol–water partition coefficient (Wildman–Crippen LogP) is 1.54. The van der Waals surface area contributed by atoms with E-state index in [-0.39, 0.29) is 6.10 Å². The SMILES string of the molecule is NCCOC(c1ccccn1)c1ccccn1. The Hall–Kier alpha value is -1.78. The molecule has 0 atom stereocenters. The second kappa shape index (κ2) is 6.08. The Kier molecular flexibility index (Phi) is 4.18. The highest BCUT2D eigenvalue weighted by Crippen LogP contribution is 2.21. The molecule has 0 radical (unpaired) electrons. The zero-order valence-corrected chi connectivity index (χ0v) is 9.49. The van der Waals surface area contributed by atoms with E-state index < -0.39 is 0 Å². The fraction of sp³-hybridized carbons (Fsp3) is 0.231. The van der Waals surface area contributed by atoms with Crippen LogP contribution in [0.1, 0.15) is 17.5 Å². The first-order valence-electron chi connectivity index (χ1n) is 5.55. The van der Waals surface area contributed by atoms with E-state index in [2.05, 4.69) is 9.97 Å². The number of hydrogen-bond acceptors (Lipinski definition) is 4. The lowest BCUT2D eigenvalue weighted by molar-refractivity contribution is 0.0807. The van der Waals surface area contributed by atoms with Crippen LogP contribution in [0.15, 0.2) is 48.8 Å². The molecule has 2 aromatic rings. The van der Waals surface area contributed by atoms with Crippen molar-refractivity contribution in [3.05, 3.63) is 60.2 Å².